The Bertz CT molecular complexity index is 1170. The van der Waals surface area contributed by atoms with Gasteiger partial charge in [-0.25, -0.2) is 0 Å². The maximum absolute atomic E-state index is 12.9. The molecule has 0 aromatic carbocycles. The second-order valence-corrected chi connectivity index (χ2v) is 21.0. The Labute approximate surface area is 435 Å². The van der Waals surface area contributed by atoms with Gasteiger partial charge in [-0.3, -0.25) is 14.4 Å². The molecule has 0 bridgehead atoms. The summed E-state index contributed by atoms with van der Waals surface area (Å²) in [6, 6.07) is 0. The molecule has 410 valence electrons. The molecule has 0 spiro atoms. The van der Waals surface area contributed by atoms with Crippen molar-refractivity contribution in [2.75, 3.05) is 13.2 Å². The second kappa shape index (κ2) is 59.2. The second-order valence-electron chi connectivity index (χ2n) is 21.0. The molecule has 6 heteroatoms. The predicted octanol–water partition coefficient (Wildman–Crippen LogP) is 20.8. The van der Waals surface area contributed by atoms with Gasteiger partial charge >= 0.3 is 17.9 Å². The lowest BCUT2D eigenvalue weighted by Gasteiger charge is -2.18. The van der Waals surface area contributed by atoms with E-state index in [9.17, 15) is 14.4 Å². The van der Waals surface area contributed by atoms with Gasteiger partial charge in [0.1, 0.15) is 13.2 Å². The Kier molecular flexibility index (Phi) is 57.2. The van der Waals surface area contributed by atoms with Crippen molar-refractivity contribution in [3.8, 4) is 0 Å². The Hall–Kier alpha value is -2.37. The fourth-order valence-corrected chi connectivity index (χ4v) is 9.18. The highest BCUT2D eigenvalue weighted by Gasteiger charge is 2.19. The number of hydrogen-bond acceptors (Lipinski definition) is 6. The number of hydrogen-bond donors (Lipinski definition) is 0. The molecule has 0 fully saturated rings. The van der Waals surface area contributed by atoms with Gasteiger partial charge in [0, 0.05) is 19.3 Å². The van der Waals surface area contributed by atoms with Crippen molar-refractivity contribution < 1.29 is 28.6 Å². The van der Waals surface area contributed by atoms with Crippen LogP contribution in [0.1, 0.15) is 335 Å². The molecular weight excluding hydrogens is 865 g/mol. The average Bonchev–Trinajstić information content (AvgIpc) is 3.36. The first-order valence-corrected chi connectivity index (χ1v) is 31.0. The van der Waals surface area contributed by atoms with Crippen LogP contribution in [-0.2, 0) is 28.6 Å². The van der Waals surface area contributed by atoms with Crippen LogP contribution in [0.15, 0.2) is 36.5 Å². The minimum Gasteiger partial charge on any atom is -0.462 e. The number of unbranched alkanes of at least 4 members (excludes halogenated alkanes) is 40. The van der Waals surface area contributed by atoms with Crippen LogP contribution in [-0.4, -0.2) is 37.2 Å². The maximum atomic E-state index is 12.9. The highest BCUT2D eigenvalue weighted by Crippen LogP contribution is 2.17. The lowest BCUT2D eigenvalue weighted by atomic mass is 10.0. The van der Waals surface area contributed by atoms with E-state index in [-0.39, 0.29) is 31.1 Å². The zero-order chi connectivity index (χ0) is 50.7. The van der Waals surface area contributed by atoms with Crippen molar-refractivity contribution >= 4 is 17.9 Å². The Balaban J connectivity index is 4.35. The molecule has 1 atom stereocenters. The molecule has 0 aromatic heterocycles. The predicted molar refractivity (Wildman–Crippen MR) is 302 cm³/mol. The van der Waals surface area contributed by atoms with Crippen LogP contribution in [0.4, 0.5) is 0 Å². The summed E-state index contributed by atoms with van der Waals surface area (Å²) in [6.07, 6.45) is 71.4. The number of esters is 3. The van der Waals surface area contributed by atoms with Crippen LogP contribution in [0, 0.1) is 0 Å². The largest absolute Gasteiger partial charge is 0.462 e. The quantitative estimate of drug-likeness (QED) is 0.0261. The van der Waals surface area contributed by atoms with Crippen molar-refractivity contribution in [3.05, 3.63) is 36.5 Å². The molecule has 0 radical (unpaired) electrons. The van der Waals surface area contributed by atoms with E-state index in [1.54, 1.807) is 0 Å². The third-order valence-corrected chi connectivity index (χ3v) is 13.9. The van der Waals surface area contributed by atoms with Gasteiger partial charge in [-0.05, 0) is 77.0 Å². The smallest absolute Gasteiger partial charge is 0.306 e. The maximum Gasteiger partial charge on any atom is 0.306 e. The van der Waals surface area contributed by atoms with Crippen LogP contribution < -0.4 is 0 Å². The van der Waals surface area contributed by atoms with Crippen LogP contribution >= 0.6 is 0 Å². The van der Waals surface area contributed by atoms with Crippen molar-refractivity contribution in [3.63, 3.8) is 0 Å². The summed E-state index contributed by atoms with van der Waals surface area (Å²) in [4.78, 5) is 38.3. The Morgan fingerprint density at radius 2 is 0.514 bits per heavy atom. The van der Waals surface area contributed by atoms with Crippen molar-refractivity contribution in [1.82, 2.24) is 0 Å². The van der Waals surface area contributed by atoms with Gasteiger partial charge in [-0.15, -0.1) is 0 Å². The summed E-state index contributed by atoms with van der Waals surface area (Å²) in [5.74, 6) is -0.863. The molecule has 0 aliphatic carbocycles. The summed E-state index contributed by atoms with van der Waals surface area (Å²) >= 11 is 0. The van der Waals surface area contributed by atoms with Gasteiger partial charge in [0.2, 0.25) is 0 Å². The number of rotatable bonds is 57. The van der Waals surface area contributed by atoms with Gasteiger partial charge in [-0.1, -0.05) is 276 Å². The van der Waals surface area contributed by atoms with Crippen LogP contribution in [0.5, 0.6) is 0 Å². The summed E-state index contributed by atoms with van der Waals surface area (Å²) < 4.78 is 16.9. The van der Waals surface area contributed by atoms with E-state index in [1.165, 1.54) is 225 Å². The first-order chi connectivity index (χ1) is 34.5. The van der Waals surface area contributed by atoms with E-state index in [0.29, 0.717) is 19.3 Å². The van der Waals surface area contributed by atoms with E-state index in [2.05, 4.69) is 57.2 Å². The number of carbonyl (C=O) groups is 3. The molecule has 0 amide bonds. The number of allylic oxidation sites excluding steroid dienone is 6. The lowest BCUT2D eigenvalue weighted by molar-refractivity contribution is -0.167. The van der Waals surface area contributed by atoms with Crippen molar-refractivity contribution in [1.29, 1.82) is 0 Å². The summed E-state index contributed by atoms with van der Waals surface area (Å²) in [5.41, 5.74) is 0. The average molecular weight is 984 g/mol. The molecule has 0 aliphatic heterocycles. The molecule has 6 nitrogen and oxygen atoms in total. The van der Waals surface area contributed by atoms with Crippen molar-refractivity contribution in [2.24, 2.45) is 0 Å². The minimum atomic E-state index is -0.776. The highest BCUT2D eigenvalue weighted by atomic mass is 16.6. The summed E-state index contributed by atoms with van der Waals surface area (Å²) in [7, 11) is 0. The first-order valence-electron chi connectivity index (χ1n) is 31.0. The zero-order valence-corrected chi connectivity index (χ0v) is 47.1. The Morgan fingerprint density at radius 3 is 0.829 bits per heavy atom. The molecule has 0 saturated carbocycles. The third-order valence-electron chi connectivity index (χ3n) is 13.9. The van der Waals surface area contributed by atoms with Crippen LogP contribution in [0.2, 0.25) is 0 Å². The Morgan fingerprint density at radius 1 is 0.286 bits per heavy atom. The van der Waals surface area contributed by atoms with Gasteiger partial charge in [0.15, 0.2) is 6.10 Å². The van der Waals surface area contributed by atoms with E-state index >= 15 is 0 Å². The standard InChI is InChI=1S/C64H118O6/c1-4-7-10-13-16-19-22-25-28-31-34-36-39-42-45-48-51-54-57-63(66)69-60-61(70-64(67)58-55-52-49-46-43-40-37-33-30-27-24-21-18-15-12-9-6-3)59-68-62(65)56-53-50-47-44-41-38-35-32-29-26-23-20-17-14-11-8-5-2/h18,21,26-27,29-30,61H,4-17,19-20,22-25,28,31-60H2,1-3H3/b21-18-,29-26-,30-27-/t61-/m1/s1. The van der Waals surface area contributed by atoms with Crippen molar-refractivity contribution in [2.45, 2.75) is 341 Å². The van der Waals surface area contributed by atoms with E-state index in [4.69, 9.17) is 14.2 Å². The topological polar surface area (TPSA) is 78.9 Å². The fraction of sp³-hybridized carbons (Fsp3) is 0.859. The monoisotopic (exact) mass is 983 g/mol. The van der Waals surface area contributed by atoms with E-state index < -0.39 is 6.10 Å². The molecule has 0 heterocycles. The molecule has 70 heavy (non-hydrogen) atoms. The summed E-state index contributed by atoms with van der Waals surface area (Å²) in [5, 5.41) is 0. The third kappa shape index (κ3) is 56.5. The molecule has 0 rings (SSSR count). The molecule has 0 saturated heterocycles. The molecule has 0 aromatic rings. The minimum absolute atomic E-state index is 0.0727. The number of ether oxygens (including phenoxy) is 3. The molecule has 0 N–H and O–H groups in total. The van der Waals surface area contributed by atoms with Gasteiger partial charge in [0.05, 0.1) is 0 Å². The SMILES string of the molecule is CCCCC/C=C\C/C=C\CCCCCCCCCC(=O)O[C@H](COC(=O)CCCCCCCCC/C=C\CCCCCCCC)COC(=O)CCCCCCCCCCCCCCCCCCCC. The lowest BCUT2D eigenvalue weighted by Crippen LogP contribution is -2.30. The highest BCUT2D eigenvalue weighted by molar-refractivity contribution is 5.71. The summed E-state index contributed by atoms with van der Waals surface area (Å²) in [6.45, 7) is 6.66. The number of carbonyl (C=O) groups excluding carboxylic acids is 3. The van der Waals surface area contributed by atoms with Gasteiger partial charge in [-0.2, -0.15) is 0 Å². The molecule has 0 unspecified atom stereocenters. The van der Waals surface area contributed by atoms with E-state index in [0.717, 1.165) is 70.6 Å². The molecular formula is C64H118O6. The van der Waals surface area contributed by atoms with Crippen LogP contribution in [0.25, 0.3) is 0 Å². The van der Waals surface area contributed by atoms with Gasteiger partial charge < -0.3 is 14.2 Å². The fourth-order valence-electron chi connectivity index (χ4n) is 9.18. The first kappa shape index (κ1) is 67.6. The normalized spacial score (nSPS) is 12.2. The van der Waals surface area contributed by atoms with Crippen LogP contribution in [0.3, 0.4) is 0 Å². The van der Waals surface area contributed by atoms with E-state index in [1.807, 2.05) is 0 Å². The molecule has 0 aliphatic rings. The van der Waals surface area contributed by atoms with Gasteiger partial charge in [0.25, 0.3) is 0 Å². The zero-order valence-electron chi connectivity index (χ0n) is 47.1.